The molecule has 0 aliphatic carbocycles. The standard InChI is InChI=1S/C11H20N2O6/c1-10(2,3)19-9(18)11(13,8(16)17)6(12)4-5-7(14)15/h6H,4-5,12-13H2,1-3H3,(H,14,15)(H,16,17). The van der Waals surface area contributed by atoms with E-state index in [1.165, 1.54) is 0 Å². The van der Waals surface area contributed by atoms with E-state index in [0.717, 1.165) is 0 Å². The summed E-state index contributed by atoms with van der Waals surface area (Å²) in [6, 6.07) is -1.36. The Bertz CT molecular complexity index is 376. The maximum atomic E-state index is 11.9. The molecule has 0 radical (unpaired) electrons. The molecule has 8 nitrogen and oxygen atoms in total. The molecule has 0 rings (SSSR count). The van der Waals surface area contributed by atoms with E-state index in [1.54, 1.807) is 20.8 Å². The Morgan fingerprint density at radius 1 is 1.21 bits per heavy atom. The molecule has 0 fully saturated rings. The molecule has 0 aromatic rings. The summed E-state index contributed by atoms with van der Waals surface area (Å²) in [5.74, 6) is -4.00. The summed E-state index contributed by atoms with van der Waals surface area (Å²) < 4.78 is 4.92. The lowest BCUT2D eigenvalue weighted by Gasteiger charge is -2.31. The van der Waals surface area contributed by atoms with Crippen LogP contribution in [0, 0.1) is 0 Å². The van der Waals surface area contributed by atoms with Crippen LogP contribution >= 0.6 is 0 Å². The fourth-order valence-corrected chi connectivity index (χ4v) is 1.27. The molecule has 0 aromatic heterocycles. The lowest BCUT2D eigenvalue weighted by molar-refractivity contribution is -0.170. The Balaban J connectivity index is 5.09. The average molecular weight is 276 g/mol. The van der Waals surface area contributed by atoms with Crippen molar-refractivity contribution in [2.45, 2.75) is 50.8 Å². The Kier molecular flexibility index (Phi) is 5.46. The first-order chi connectivity index (χ1) is 8.41. The van der Waals surface area contributed by atoms with E-state index < -0.39 is 41.5 Å². The molecule has 0 spiro atoms. The largest absolute Gasteiger partial charge is 0.481 e. The van der Waals surface area contributed by atoms with E-state index >= 15 is 0 Å². The van der Waals surface area contributed by atoms with Gasteiger partial charge in [-0.25, -0.2) is 9.59 Å². The van der Waals surface area contributed by atoms with Crippen LogP contribution in [-0.4, -0.2) is 45.3 Å². The summed E-state index contributed by atoms with van der Waals surface area (Å²) in [6.07, 6.45) is -0.645. The van der Waals surface area contributed by atoms with Crippen molar-refractivity contribution in [2.75, 3.05) is 0 Å². The van der Waals surface area contributed by atoms with Gasteiger partial charge in [0.25, 0.3) is 0 Å². The minimum absolute atomic E-state index is 0.253. The summed E-state index contributed by atoms with van der Waals surface area (Å²) in [7, 11) is 0. The van der Waals surface area contributed by atoms with Gasteiger partial charge in [-0.1, -0.05) is 0 Å². The smallest absolute Gasteiger partial charge is 0.340 e. The van der Waals surface area contributed by atoms with Crippen LogP contribution in [0.15, 0.2) is 0 Å². The molecule has 110 valence electrons. The van der Waals surface area contributed by atoms with Crippen molar-refractivity contribution in [1.29, 1.82) is 0 Å². The Morgan fingerprint density at radius 2 is 1.68 bits per heavy atom. The maximum Gasteiger partial charge on any atom is 0.340 e. The third-order valence-electron chi connectivity index (χ3n) is 2.34. The third-order valence-corrected chi connectivity index (χ3v) is 2.34. The van der Waals surface area contributed by atoms with Gasteiger partial charge in [0.1, 0.15) is 5.60 Å². The van der Waals surface area contributed by atoms with E-state index in [0.29, 0.717) is 0 Å². The van der Waals surface area contributed by atoms with Gasteiger partial charge in [0, 0.05) is 12.5 Å². The normalized spacial score (nSPS) is 16.3. The fraction of sp³-hybridized carbons (Fsp3) is 0.727. The summed E-state index contributed by atoms with van der Waals surface area (Å²) in [6.45, 7) is 4.65. The van der Waals surface area contributed by atoms with Crippen LogP contribution in [0.2, 0.25) is 0 Å². The zero-order chi connectivity index (χ0) is 15.4. The van der Waals surface area contributed by atoms with Gasteiger partial charge < -0.3 is 26.4 Å². The molecule has 0 saturated carbocycles. The summed E-state index contributed by atoms with van der Waals surface area (Å²) >= 11 is 0. The highest BCUT2D eigenvalue weighted by Gasteiger charge is 2.50. The monoisotopic (exact) mass is 276 g/mol. The molecule has 2 unspecified atom stereocenters. The van der Waals surface area contributed by atoms with Crippen LogP contribution < -0.4 is 11.5 Å². The van der Waals surface area contributed by atoms with Gasteiger partial charge in [0.05, 0.1) is 0 Å². The topological polar surface area (TPSA) is 153 Å². The van der Waals surface area contributed by atoms with Crippen molar-refractivity contribution in [1.82, 2.24) is 0 Å². The first-order valence-corrected chi connectivity index (χ1v) is 5.64. The number of carboxylic acids is 2. The number of nitrogens with two attached hydrogens (primary N) is 2. The predicted octanol–water partition coefficient (Wildman–Crippen LogP) is -0.698. The molecule has 0 saturated heterocycles. The molecule has 0 aromatic carbocycles. The quantitative estimate of drug-likeness (QED) is 0.367. The average Bonchev–Trinajstić information content (AvgIpc) is 2.21. The van der Waals surface area contributed by atoms with E-state index in [2.05, 4.69) is 0 Å². The zero-order valence-electron chi connectivity index (χ0n) is 11.2. The van der Waals surface area contributed by atoms with Crippen molar-refractivity contribution in [3.63, 3.8) is 0 Å². The second-order valence-electron chi connectivity index (χ2n) is 5.21. The van der Waals surface area contributed by atoms with E-state index in [-0.39, 0.29) is 6.42 Å². The second kappa shape index (κ2) is 5.98. The van der Waals surface area contributed by atoms with Crippen molar-refractivity contribution in [2.24, 2.45) is 11.5 Å². The number of aliphatic carboxylic acids is 2. The highest BCUT2D eigenvalue weighted by atomic mass is 16.6. The summed E-state index contributed by atoms with van der Waals surface area (Å²) in [4.78, 5) is 33.5. The minimum atomic E-state index is -2.47. The lowest BCUT2D eigenvalue weighted by atomic mass is 9.88. The number of carboxylic acid groups (broad SMARTS) is 2. The number of hydrogen-bond acceptors (Lipinski definition) is 6. The zero-order valence-corrected chi connectivity index (χ0v) is 11.2. The molecule has 0 aliphatic heterocycles. The van der Waals surface area contributed by atoms with Crippen LogP contribution in [0.25, 0.3) is 0 Å². The third kappa shape index (κ3) is 4.84. The van der Waals surface area contributed by atoms with E-state index in [9.17, 15) is 14.4 Å². The molecular weight excluding hydrogens is 256 g/mol. The Labute approximate surface area is 110 Å². The summed E-state index contributed by atoms with van der Waals surface area (Å²) in [5.41, 5.74) is 7.68. The molecule has 0 amide bonds. The number of rotatable bonds is 6. The number of carbonyl (C=O) groups is 3. The van der Waals surface area contributed by atoms with Crippen molar-refractivity contribution in [3.05, 3.63) is 0 Å². The van der Waals surface area contributed by atoms with Gasteiger partial charge in [-0.15, -0.1) is 0 Å². The molecule has 0 heterocycles. The first kappa shape index (κ1) is 17.3. The second-order valence-corrected chi connectivity index (χ2v) is 5.21. The highest BCUT2D eigenvalue weighted by Crippen LogP contribution is 2.18. The number of hydrogen-bond donors (Lipinski definition) is 4. The predicted molar refractivity (Wildman–Crippen MR) is 65.2 cm³/mol. The molecule has 6 N–H and O–H groups in total. The van der Waals surface area contributed by atoms with Crippen molar-refractivity contribution < 1.29 is 29.3 Å². The fourth-order valence-electron chi connectivity index (χ4n) is 1.27. The number of carbonyl (C=O) groups excluding carboxylic acids is 1. The van der Waals surface area contributed by atoms with Gasteiger partial charge in [-0.05, 0) is 27.2 Å². The molecule has 0 aliphatic rings. The first-order valence-electron chi connectivity index (χ1n) is 5.64. The van der Waals surface area contributed by atoms with Crippen LogP contribution in [0.5, 0.6) is 0 Å². The molecule has 0 bridgehead atoms. The Hall–Kier alpha value is -1.67. The van der Waals surface area contributed by atoms with Gasteiger partial charge >= 0.3 is 17.9 Å². The highest BCUT2D eigenvalue weighted by molar-refractivity contribution is 6.05. The van der Waals surface area contributed by atoms with Crippen LogP contribution in [0.4, 0.5) is 0 Å². The van der Waals surface area contributed by atoms with Gasteiger partial charge in [-0.3, -0.25) is 4.79 Å². The van der Waals surface area contributed by atoms with E-state index in [4.69, 9.17) is 26.4 Å². The lowest BCUT2D eigenvalue weighted by Crippen LogP contribution is -2.67. The van der Waals surface area contributed by atoms with E-state index in [1.807, 2.05) is 0 Å². The van der Waals surface area contributed by atoms with Crippen molar-refractivity contribution in [3.8, 4) is 0 Å². The van der Waals surface area contributed by atoms with Gasteiger partial charge in [0.15, 0.2) is 0 Å². The number of ether oxygens (including phenoxy) is 1. The summed E-state index contributed by atoms with van der Waals surface area (Å²) in [5, 5.41) is 17.6. The molecule has 19 heavy (non-hydrogen) atoms. The molecular formula is C11H20N2O6. The van der Waals surface area contributed by atoms with Crippen LogP contribution in [0.1, 0.15) is 33.6 Å². The maximum absolute atomic E-state index is 11.9. The number of esters is 1. The minimum Gasteiger partial charge on any atom is -0.481 e. The molecule has 8 heteroatoms. The Morgan fingerprint density at radius 3 is 2.00 bits per heavy atom. The van der Waals surface area contributed by atoms with Crippen LogP contribution in [-0.2, 0) is 19.1 Å². The van der Waals surface area contributed by atoms with Gasteiger partial charge in [-0.2, -0.15) is 0 Å². The molecule has 2 atom stereocenters. The van der Waals surface area contributed by atoms with Gasteiger partial charge in [0.2, 0.25) is 5.54 Å². The van der Waals surface area contributed by atoms with Crippen molar-refractivity contribution >= 4 is 17.9 Å². The SMILES string of the molecule is CC(C)(C)OC(=O)C(N)(C(=O)O)C(N)CCC(=O)O. The van der Waals surface area contributed by atoms with Crippen LogP contribution in [0.3, 0.4) is 0 Å².